The molecule has 3 rings (SSSR count). The molecule has 0 atom stereocenters. The van der Waals surface area contributed by atoms with Crippen molar-refractivity contribution < 1.29 is 0 Å². The van der Waals surface area contributed by atoms with Crippen molar-refractivity contribution in [2.24, 2.45) is 0 Å². The van der Waals surface area contributed by atoms with Crippen LogP contribution in [0.3, 0.4) is 0 Å². The third kappa shape index (κ3) is 1.27. The van der Waals surface area contributed by atoms with Gasteiger partial charge in [0, 0.05) is 11.9 Å². The first-order valence-corrected chi connectivity index (χ1v) is 5.59. The largest absolute Gasteiger partial charge is 0.382 e. The number of hydrogen-bond acceptors (Lipinski definition) is 5. The van der Waals surface area contributed by atoms with E-state index in [0.29, 0.717) is 5.82 Å². The fourth-order valence-electron chi connectivity index (χ4n) is 1.59. The Morgan fingerprint density at radius 3 is 3.00 bits per heavy atom. The number of pyridine rings is 1. The SMILES string of the molecule is Cc1[nH]nc(N)c1-c1nc2cccnc2s1. The zero-order chi connectivity index (χ0) is 11.1. The highest BCUT2D eigenvalue weighted by molar-refractivity contribution is 7.21. The number of nitrogens with one attached hydrogen (secondary N) is 1. The lowest BCUT2D eigenvalue weighted by molar-refractivity contribution is 1.05. The Balaban J connectivity index is 2.27. The molecule has 5 nitrogen and oxygen atoms in total. The zero-order valence-electron chi connectivity index (χ0n) is 8.56. The predicted octanol–water partition coefficient (Wildman–Crippen LogP) is 1.97. The molecule has 16 heavy (non-hydrogen) atoms. The number of nitrogens with zero attached hydrogens (tertiary/aromatic N) is 3. The first kappa shape index (κ1) is 9.29. The van der Waals surface area contributed by atoms with Gasteiger partial charge in [-0.15, -0.1) is 0 Å². The van der Waals surface area contributed by atoms with Crippen molar-refractivity contribution in [1.29, 1.82) is 0 Å². The van der Waals surface area contributed by atoms with E-state index in [1.807, 2.05) is 19.1 Å². The second-order valence-corrected chi connectivity index (χ2v) is 4.43. The van der Waals surface area contributed by atoms with Crippen LogP contribution in [0.25, 0.3) is 20.9 Å². The maximum atomic E-state index is 5.80. The smallest absolute Gasteiger partial charge is 0.155 e. The fourth-order valence-corrected chi connectivity index (χ4v) is 2.61. The van der Waals surface area contributed by atoms with Crippen LogP contribution in [-0.4, -0.2) is 20.2 Å². The van der Waals surface area contributed by atoms with E-state index in [4.69, 9.17) is 5.73 Å². The lowest BCUT2D eigenvalue weighted by Crippen LogP contribution is -1.87. The summed E-state index contributed by atoms with van der Waals surface area (Å²) in [5.74, 6) is 0.483. The van der Waals surface area contributed by atoms with Crippen LogP contribution < -0.4 is 5.73 Å². The Morgan fingerprint density at radius 2 is 2.31 bits per heavy atom. The summed E-state index contributed by atoms with van der Waals surface area (Å²) in [6.45, 7) is 1.93. The maximum absolute atomic E-state index is 5.80. The minimum absolute atomic E-state index is 0.483. The molecule has 3 heterocycles. The summed E-state index contributed by atoms with van der Waals surface area (Å²) in [5, 5.41) is 7.67. The Morgan fingerprint density at radius 1 is 1.44 bits per heavy atom. The highest BCUT2D eigenvalue weighted by Crippen LogP contribution is 2.33. The number of aryl methyl sites for hydroxylation is 1. The number of rotatable bonds is 1. The number of H-pyrrole nitrogens is 1. The van der Waals surface area contributed by atoms with Crippen molar-refractivity contribution in [2.75, 3.05) is 5.73 Å². The van der Waals surface area contributed by atoms with E-state index in [-0.39, 0.29) is 0 Å². The quantitative estimate of drug-likeness (QED) is 0.671. The lowest BCUT2D eigenvalue weighted by atomic mass is 10.2. The molecule has 0 radical (unpaired) electrons. The van der Waals surface area contributed by atoms with E-state index in [0.717, 1.165) is 26.6 Å². The second-order valence-electron chi connectivity index (χ2n) is 3.46. The van der Waals surface area contributed by atoms with E-state index in [1.54, 1.807) is 6.20 Å². The van der Waals surface area contributed by atoms with E-state index < -0.39 is 0 Å². The summed E-state index contributed by atoms with van der Waals surface area (Å²) in [7, 11) is 0. The van der Waals surface area contributed by atoms with E-state index in [2.05, 4.69) is 20.2 Å². The second kappa shape index (κ2) is 3.28. The van der Waals surface area contributed by atoms with Gasteiger partial charge in [0.1, 0.15) is 15.4 Å². The molecule has 3 aromatic heterocycles. The normalized spacial score (nSPS) is 11.1. The maximum Gasteiger partial charge on any atom is 0.155 e. The first-order valence-electron chi connectivity index (χ1n) is 4.78. The average molecular weight is 231 g/mol. The number of aromatic amines is 1. The van der Waals surface area contributed by atoms with Gasteiger partial charge in [0.25, 0.3) is 0 Å². The number of nitrogen functional groups attached to an aromatic ring is 1. The fraction of sp³-hybridized carbons (Fsp3) is 0.100. The summed E-state index contributed by atoms with van der Waals surface area (Å²) in [6, 6.07) is 3.81. The monoisotopic (exact) mass is 231 g/mol. The first-order chi connectivity index (χ1) is 7.75. The molecule has 0 aliphatic rings. The van der Waals surface area contributed by atoms with Crippen LogP contribution in [0.4, 0.5) is 5.82 Å². The Bertz CT molecular complexity index is 602. The summed E-state index contributed by atoms with van der Waals surface area (Å²) in [5.41, 5.74) is 8.50. The summed E-state index contributed by atoms with van der Waals surface area (Å²) >= 11 is 1.52. The molecular weight excluding hydrogens is 222 g/mol. The molecule has 0 aromatic carbocycles. The van der Waals surface area contributed by atoms with E-state index in [9.17, 15) is 0 Å². The van der Waals surface area contributed by atoms with Gasteiger partial charge in [0.15, 0.2) is 5.82 Å². The van der Waals surface area contributed by atoms with Crippen molar-refractivity contribution in [3.8, 4) is 10.6 Å². The van der Waals surface area contributed by atoms with Crippen LogP contribution in [0.5, 0.6) is 0 Å². The molecule has 0 fully saturated rings. The topological polar surface area (TPSA) is 80.5 Å². The van der Waals surface area contributed by atoms with Gasteiger partial charge in [-0.1, -0.05) is 11.3 Å². The van der Waals surface area contributed by atoms with Gasteiger partial charge in [-0.3, -0.25) is 5.10 Å². The summed E-state index contributed by atoms with van der Waals surface area (Å²) < 4.78 is 0. The highest BCUT2D eigenvalue weighted by Gasteiger charge is 2.14. The number of fused-ring (bicyclic) bond motifs is 1. The van der Waals surface area contributed by atoms with Gasteiger partial charge in [0.2, 0.25) is 0 Å². The minimum Gasteiger partial charge on any atom is -0.382 e. The molecular formula is C10H9N5S. The van der Waals surface area contributed by atoms with Crippen LogP contribution in [0, 0.1) is 6.92 Å². The number of anilines is 1. The average Bonchev–Trinajstić information content (AvgIpc) is 2.82. The standard InChI is InChI=1S/C10H9N5S/c1-5-7(8(11)15-14-5)10-13-6-3-2-4-12-9(6)16-10/h2-4H,1H3,(H3,11,14,15). The van der Waals surface area contributed by atoms with Gasteiger partial charge in [-0.2, -0.15) is 5.10 Å². The number of aromatic nitrogens is 4. The molecule has 0 unspecified atom stereocenters. The molecule has 0 saturated carbocycles. The predicted molar refractivity (Wildman–Crippen MR) is 64.1 cm³/mol. The van der Waals surface area contributed by atoms with Gasteiger partial charge in [-0.05, 0) is 19.1 Å². The van der Waals surface area contributed by atoms with Crippen LogP contribution in [0.1, 0.15) is 5.69 Å². The Kier molecular flexibility index (Phi) is 1.90. The van der Waals surface area contributed by atoms with Crippen molar-refractivity contribution >= 4 is 27.5 Å². The van der Waals surface area contributed by atoms with Crippen LogP contribution in [0.15, 0.2) is 18.3 Å². The summed E-state index contributed by atoms with van der Waals surface area (Å²) in [6.07, 6.45) is 1.76. The molecule has 0 amide bonds. The molecule has 3 aromatic rings. The van der Waals surface area contributed by atoms with Gasteiger partial charge in [0.05, 0.1) is 5.56 Å². The van der Waals surface area contributed by atoms with Crippen molar-refractivity contribution in [2.45, 2.75) is 6.92 Å². The molecule has 0 spiro atoms. The third-order valence-electron chi connectivity index (χ3n) is 2.36. The van der Waals surface area contributed by atoms with Crippen molar-refractivity contribution in [1.82, 2.24) is 20.2 Å². The molecule has 3 N–H and O–H groups in total. The van der Waals surface area contributed by atoms with Crippen LogP contribution in [0.2, 0.25) is 0 Å². The van der Waals surface area contributed by atoms with E-state index in [1.165, 1.54) is 11.3 Å². The van der Waals surface area contributed by atoms with Crippen molar-refractivity contribution in [3.05, 3.63) is 24.0 Å². The van der Waals surface area contributed by atoms with Crippen LogP contribution in [-0.2, 0) is 0 Å². The Hall–Kier alpha value is -1.95. The van der Waals surface area contributed by atoms with E-state index >= 15 is 0 Å². The number of hydrogen-bond donors (Lipinski definition) is 2. The third-order valence-corrected chi connectivity index (χ3v) is 3.35. The minimum atomic E-state index is 0.483. The Labute approximate surface area is 95.4 Å². The van der Waals surface area contributed by atoms with Gasteiger partial charge >= 0.3 is 0 Å². The van der Waals surface area contributed by atoms with Crippen molar-refractivity contribution in [3.63, 3.8) is 0 Å². The molecule has 80 valence electrons. The molecule has 0 bridgehead atoms. The molecule has 0 saturated heterocycles. The lowest BCUT2D eigenvalue weighted by Gasteiger charge is -1.92. The summed E-state index contributed by atoms with van der Waals surface area (Å²) in [4.78, 5) is 9.66. The highest BCUT2D eigenvalue weighted by atomic mass is 32.1. The van der Waals surface area contributed by atoms with Gasteiger partial charge in [-0.25, -0.2) is 9.97 Å². The van der Waals surface area contributed by atoms with Gasteiger partial charge < -0.3 is 5.73 Å². The number of thiazole rings is 1. The number of nitrogens with two attached hydrogens (primary N) is 1. The molecule has 6 heteroatoms. The zero-order valence-corrected chi connectivity index (χ0v) is 9.38. The van der Waals surface area contributed by atoms with Crippen LogP contribution >= 0.6 is 11.3 Å². The molecule has 0 aliphatic heterocycles. The molecule has 0 aliphatic carbocycles.